The molecule has 1 heterocycles. The third-order valence-corrected chi connectivity index (χ3v) is 1.13. The Morgan fingerprint density at radius 2 is 2.50 bits per heavy atom. The summed E-state index contributed by atoms with van der Waals surface area (Å²) in [4.78, 5) is 3.87. The number of aliphatic imine (C=N–C) groups is 1. The van der Waals surface area contributed by atoms with E-state index < -0.39 is 0 Å². The van der Waals surface area contributed by atoms with Crippen molar-refractivity contribution in [1.29, 1.82) is 5.41 Å². The Labute approximate surface area is 63.6 Å². The molecule has 0 saturated carbocycles. The molecule has 0 aromatic carbocycles. The Hall–Kier alpha value is -1.09. The van der Waals surface area contributed by atoms with Crippen molar-refractivity contribution in [3.05, 3.63) is 24.2 Å². The second-order valence-corrected chi connectivity index (χ2v) is 2.02. The third kappa shape index (κ3) is 1.70. The topological polar surface area (TPSA) is 48.2 Å². The lowest BCUT2D eigenvalue weighted by Gasteiger charge is -2.04. The Kier molecular flexibility index (Phi) is 2.23. The molecule has 0 bridgehead atoms. The van der Waals surface area contributed by atoms with Crippen LogP contribution in [0.4, 0.5) is 0 Å². The minimum Gasteiger partial charge on any atom is -0.346 e. The molecule has 0 radical (unpaired) electrons. The number of hydrogen-bond acceptors (Lipinski definition) is 3. The van der Waals surface area contributed by atoms with Crippen molar-refractivity contribution >= 4 is 23.0 Å². The van der Waals surface area contributed by atoms with Gasteiger partial charge in [-0.15, -0.1) is 0 Å². The molecule has 0 fully saturated rings. The highest BCUT2D eigenvalue weighted by Gasteiger charge is 1.96. The van der Waals surface area contributed by atoms with E-state index >= 15 is 0 Å². The van der Waals surface area contributed by atoms with Crippen molar-refractivity contribution in [2.45, 2.75) is 0 Å². The lowest BCUT2D eigenvalue weighted by molar-refractivity contribution is 1.02. The van der Waals surface area contributed by atoms with E-state index in [1.807, 2.05) is 0 Å². The summed E-state index contributed by atoms with van der Waals surface area (Å²) in [6, 6.07) is 0. The van der Waals surface area contributed by atoms with Crippen molar-refractivity contribution in [1.82, 2.24) is 5.32 Å². The summed E-state index contributed by atoms with van der Waals surface area (Å²) < 4.78 is 0. The van der Waals surface area contributed by atoms with Crippen LogP contribution in [-0.2, 0) is 0 Å². The second-order valence-electron chi connectivity index (χ2n) is 1.63. The summed E-state index contributed by atoms with van der Waals surface area (Å²) in [6.07, 6.45) is 5.98. The molecule has 0 amide bonds. The van der Waals surface area contributed by atoms with Crippen molar-refractivity contribution in [3.8, 4) is 0 Å². The van der Waals surface area contributed by atoms with Crippen molar-refractivity contribution in [2.24, 2.45) is 4.99 Å². The Morgan fingerprint density at radius 3 is 3.10 bits per heavy atom. The van der Waals surface area contributed by atoms with Crippen LogP contribution in [0, 0.1) is 5.41 Å². The number of hydrogen-bond donors (Lipinski definition) is 2. The van der Waals surface area contributed by atoms with E-state index in [1.54, 1.807) is 12.3 Å². The standard InChI is InChI=1S/C6H6ClN3/c7-5-2-4-9-6(10-5)1-3-8/h1-4,8-9H/b6-1+,8-3?. The highest BCUT2D eigenvalue weighted by atomic mass is 35.5. The fourth-order valence-corrected chi connectivity index (χ4v) is 0.699. The molecule has 0 aliphatic carbocycles. The van der Waals surface area contributed by atoms with Gasteiger partial charge in [0, 0.05) is 12.4 Å². The summed E-state index contributed by atoms with van der Waals surface area (Å²) in [5.41, 5.74) is 0. The number of nitrogens with zero attached hydrogens (tertiary/aromatic N) is 1. The smallest absolute Gasteiger partial charge is 0.133 e. The largest absolute Gasteiger partial charge is 0.346 e. The Bertz CT molecular complexity index is 227. The van der Waals surface area contributed by atoms with Gasteiger partial charge in [-0.05, 0) is 12.2 Å². The molecule has 4 heteroatoms. The summed E-state index contributed by atoms with van der Waals surface area (Å²) >= 11 is 5.55. The summed E-state index contributed by atoms with van der Waals surface area (Å²) in [7, 11) is 0. The molecule has 1 aliphatic heterocycles. The van der Waals surface area contributed by atoms with Crippen LogP contribution in [0.15, 0.2) is 29.2 Å². The summed E-state index contributed by atoms with van der Waals surface area (Å²) in [6.45, 7) is 0. The highest BCUT2D eigenvalue weighted by Crippen LogP contribution is 2.01. The first-order valence-electron chi connectivity index (χ1n) is 2.71. The minimum absolute atomic E-state index is 0.423. The summed E-state index contributed by atoms with van der Waals surface area (Å²) in [5.74, 6) is 0.586. The molecular formula is C6H6ClN3. The predicted molar refractivity (Wildman–Crippen MR) is 42.4 cm³/mol. The average Bonchev–Trinajstić information content (AvgIpc) is 1.88. The molecule has 10 heavy (non-hydrogen) atoms. The number of rotatable bonds is 1. The second kappa shape index (κ2) is 3.17. The lowest BCUT2D eigenvalue weighted by Crippen LogP contribution is -2.08. The van der Waals surface area contributed by atoms with Crippen molar-refractivity contribution in [3.63, 3.8) is 0 Å². The van der Waals surface area contributed by atoms with Gasteiger partial charge in [0.25, 0.3) is 0 Å². The van der Waals surface area contributed by atoms with Crippen LogP contribution in [0.3, 0.4) is 0 Å². The van der Waals surface area contributed by atoms with E-state index in [0.717, 1.165) is 6.21 Å². The minimum atomic E-state index is 0.423. The number of allylic oxidation sites excluding steroid dienone is 2. The molecular weight excluding hydrogens is 150 g/mol. The first-order valence-corrected chi connectivity index (χ1v) is 3.09. The van der Waals surface area contributed by atoms with Crippen molar-refractivity contribution < 1.29 is 0 Å². The van der Waals surface area contributed by atoms with Gasteiger partial charge in [0.15, 0.2) is 0 Å². The van der Waals surface area contributed by atoms with E-state index in [2.05, 4.69) is 10.3 Å². The molecule has 0 atom stereocenters. The monoisotopic (exact) mass is 155 g/mol. The van der Waals surface area contributed by atoms with Gasteiger partial charge in [-0.1, -0.05) is 11.6 Å². The van der Waals surface area contributed by atoms with E-state index in [0.29, 0.717) is 11.0 Å². The fraction of sp³-hybridized carbons (Fsp3) is 0. The van der Waals surface area contributed by atoms with E-state index in [1.165, 1.54) is 6.08 Å². The Morgan fingerprint density at radius 1 is 1.70 bits per heavy atom. The molecule has 3 nitrogen and oxygen atoms in total. The summed E-state index contributed by atoms with van der Waals surface area (Å²) in [5, 5.41) is 9.96. The molecule has 52 valence electrons. The van der Waals surface area contributed by atoms with Gasteiger partial charge < -0.3 is 10.7 Å². The van der Waals surface area contributed by atoms with Crippen LogP contribution in [-0.4, -0.2) is 11.4 Å². The van der Waals surface area contributed by atoms with Gasteiger partial charge >= 0.3 is 0 Å². The molecule has 0 unspecified atom stereocenters. The number of halogens is 1. The maximum atomic E-state index is 6.73. The van der Waals surface area contributed by atoms with Crippen molar-refractivity contribution in [2.75, 3.05) is 0 Å². The van der Waals surface area contributed by atoms with Gasteiger partial charge in [0.1, 0.15) is 11.0 Å². The zero-order valence-corrected chi connectivity index (χ0v) is 5.89. The SMILES string of the molecule is N=C/C=C1/N=C(Cl)C=CN1. The maximum Gasteiger partial charge on any atom is 0.133 e. The third-order valence-electron chi connectivity index (χ3n) is 0.921. The van der Waals surface area contributed by atoms with Crippen LogP contribution in [0.25, 0.3) is 0 Å². The Balaban J connectivity index is 2.77. The van der Waals surface area contributed by atoms with Gasteiger partial charge in [0.2, 0.25) is 0 Å². The average molecular weight is 156 g/mol. The van der Waals surface area contributed by atoms with Crippen LogP contribution in [0.1, 0.15) is 0 Å². The van der Waals surface area contributed by atoms with Gasteiger partial charge in [-0.25, -0.2) is 4.99 Å². The molecule has 0 saturated heterocycles. The molecule has 1 rings (SSSR count). The normalized spacial score (nSPS) is 20.1. The van der Waals surface area contributed by atoms with Gasteiger partial charge in [-0.2, -0.15) is 0 Å². The molecule has 0 aromatic heterocycles. The fourth-order valence-electron chi connectivity index (χ4n) is 0.545. The molecule has 0 spiro atoms. The van der Waals surface area contributed by atoms with Gasteiger partial charge in [-0.3, -0.25) is 0 Å². The lowest BCUT2D eigenvalue weighted by atomic mass is 10.5. The predicted octanol–water partition coefficient (Wildman–Crippen LogP) is 1.23. The van der Waals surface area contributed by atoms with E-state index in [4.69, 9.17) is 17.0 Å². The number of nitrogens with one attached hydrogen (secondary N) is 2. The maximum absolute atomic E-state index is 6.73. The quantitative estimate of drug-likeness (QED) is 0.550. The zero-order chi connectivity index (χ0) is 7.40. The van der Waals surface area contributed by atoms with Crippen LogP contribution in [0.5, 0.6) is 0 Å². The van der Waals surface area contributed by atoms with Crippen LogP contribution in [0.2, 0.25) is 0 Å². The highest BCUT2D eigenvalue weighted by molar-refractivity contribution is 6.68. The zero-order valence-electron chi connectivity index (χ0n) is 5.13. The van der Waals surface area contributed by atoms with Crippen LogP contribution >= 0.6 is 11.6 Å². The first kappa shape index (κ1) is 7.02. The van der Waals surface area contributed by atoms with Crippen LogP contribution < -0.4 is 5.32 Å². The molecule has 1 aliphatic rings. The van der Waals surface area contributed by atoms with E-state index in [-0.39, 0.29) is 0 Å². The van der Waals surface area contributed by atoms with E-state index in [9.17, 15) is 0 Å². The first-order chi connectivity index (χ1) is 4.83. The molecule has 2 N–H and O–H groups in total. The molecule has 0 aromatic rings. The van der Waals surface area contributed by atoms with Gasteiger partial charge in [0.05, 0.1) is 0 Å².